The molecule has 0 saturated carbocycles. The monoisotopic (exact) mass is 313 g/mol. The highest BCUT2D eigenvalue weighted by molar-refractivity contribution is 6.29. The van der Waals surface area contributed by atoms with Crippen LogP contribution in [0.25, 0.3) is 5.57 Å². The average Bonchev–Trinajstić information content (AvgIpc) is 2.98. The summed E-state index contributed by atoms with van der Waals surface area (Å²) >= 11 is 5.54. The molecule has 1 amide bonds. The van der Waals surface area contributed by atoms with Crippen molar-refractivity contribution in [1.82, 2.24) is 0 Å². The smallest absolute Gasteiger partial charge is 0.239 e. The van der Waals surface area contributed by atoms with Gasteiger partial charge in [0.05, 0.1) is 7.11 Å². The molecule has 2 aromatic carbocycles. The highest BCUT2D eigenvalue weighted by atomic mass is 35.5. The number of nitrogens with one attached hydrogen (secondary N) is 1. The molecule has 0 unspecified atom stereocenters. The van der Waals surface area contributed by atoms with Crippen LogP contribution in [0, 0.1) is 0 Å². The van der Waals surface area contributed by atoms with E-state index in [2.05, 4.69) is 11.4 Å². The Hall–Kier alpha value is -2.26. The van der Waals surface area contributed by atoms with Crippen molar-refractivity contribution in [3.63, 3.8) is 0 Å². The van der Waals surface area contributed by atoms with Gasteiger partial charge in [-0.1, -0.05) is 24.3 Å². The number of fused-ring (bicyclic) bond motifs is 1. The normalized spacial score (nSPS) is 12.5. The summed E-state index contributed by atoms with van der Waals surface area (Å²) in [6.45, 7) is 0. The van der Waals surface area contributed by atoms with Crippen molar-refractivity contribution in [2.24, 2.45) is 0 Å². The maximum atomic E-state index is 11.4. The van der Waals surface area contributed by atoms with Crippen LogP contribution < -0.4 is 10.1 Å². The molecule has 0 saturated heterocycles. The maximum absolute atomic E-state index is 11.4. The fourth-order valence-corrected chi connectivity index (χ4v) is 2.71. The maximum Gasteiger partial charge on any atom is 0.239 e. The van der Waals surface area contributed by atoms with Gasteiger partial charge in [0, 0.05) is 5.69 Å². The van der Waals surface area contributed by atoms with Crippen molar-refractivity contribution in [2.75, 3.05) is 18.3 Å². The lowest BCUT2D eigenvalue weighted by Crippen LogP contribution is -2.12. The molecule has 0 fully saturated rings. The Morgan fingerprint density at radius 3 is 2.68 bits per heavy atom. The Labute approximate surface area is 134 Å². The highest BCUT2D eigenvalue weighted by Crippen LogP contribution is 2.35. The number of alkyl halides is 1. The molecular formula is C18H16ClNO2. The Kier molecular flexibility index (Phi) is 4.16. The van der Waals surface area contributed by atoms with Gasteiger partial charge in [0.1, 0.15) is 11.6 Å². The first-order valence-corrected chi connectivity index (χ1v) is 7.58. The van der Waals surface area contributed by atoms with Crippen molar-refractivity contribution in [3.8, 4) is 5.75 Å². The molecule has 3 rings (SSSR count). The molecule has 1 aliphatic carbocycles. The standard InChI is InChI=1S/C18H16ClNO2/c1-22-15-7-3-12(4-8-15)16-9-5-13-2-6-14(10-17(13)16)20-18(21)11-19/h2-4,6-10H,5,11H2,1H3,(H,20,21). The van der Waals surface area contributed by atoms with Crippen LogP contribution in [0.5, 0.6) is 5.75 Å². The van der Waals surface area contributed by atoms with Crippen molar-refractivity contribution in [2.45, 2.75) is 6.42 Å². The van der Waals surface area contributed by atoms with Crippen molar-refractivity contribution < 1.29 is 9.53 Å². The zero-order chi connectivity index (χ0) is 15.5. The second kappa shape index (κ2) is 6.24. The predicted molar refractivity (Wildman–Crippen MR) is 89.6 cm³/mol. The largest absolute Gasteiger partial charge is 0.497 e. The minimum atomic E-state index is -0.199. The third-order valence-corrected chi connectivity index (χ3v) is 3.98. The van der Waals surface area contributed by atoms with E-state index in [0.29, 0.717) is 0 Å². The molecule has 0 bridgehead atoms. The molecule has 0 aliphatic heterocycles. The SMILES string of the molecule is COc1ccc(C2=CCc3ccc(NC(=O)CCl)cc32)cc1. The summed E-state index contributed by atoms with van der Waals surface area (Å²) in [7, 11) is 1.66. The predicted octanol–water partition coefficient (Wildman–Crippen LogP) is 3.86. The molecule has 0 aromatic heterocycles. The van der Waals surface area contributed by atoms with E-state index in [1.54, 1.807) is 7.11 Å². The Bertz CT molecular complexity index is 735. The number of methoxy groups -OCH3 is 1. The molecule has 1 aliphatic rings. The number of hydrogen-bond donors (Lipinski definition) is 1. The number of rotatable bonds is 4. The van der Waals surface area contributed by atoms with E-state index in [4.69, 9.17) is 16.3 Å². The van der Waals surface area contributed by atoms with Crippen LogP contribution in [0.15, 0.2) is 48.5 Å². The number of hydrogen-bond acceptors (Lipinski definition) is 2. The van der Waals surface area contributed by atoms with Crippen molar-refractivity contribution in [3.05, 3.63) is 65.2 Å². The molecule has 0 spiro atoms. The third-order valence-electron chi connectivity index (χ3n) is 3.73. The van der Waals surface area contributed by atoms with E-state index in [9.17, 15) is 4.79 Å². The second-order valence-electron chi connectivity index (χ2n) is 5.10. The number of halogens is 1. The number of carbonyl (C=O) groups excluding carboxylic acids is 1. The highest BCUT2D eigenvalue weighted by Gasteiger charge is 2.16. The van der Waals surface area contributed by atoms with Crippen molar-refractivity contribution in [1.29, 1.82) is 0 Å². The number of anilines is 1. The van der Waals surface area contributed by atoms with E-state index in [1.165, 1.54) is 11.1 Å². The van der Waals surface area contributed by atoms with Gasteiger partial charge in [-0.15, -0.1) is 11.6 Å². The van der Waals surface area contributed by atoms with Gasteiger partial charge in [0.25, 0.3) is 0 Å². The van der Waals surface area contributed by atoms with Crippen LogP contribution in [0.1, 0.15) is 16.7 Å². The number of allylic oxidation sites excluding steroid dienone is 1. The van der Waals surface area contributed by atoms with Gasteiger partial charge in [-0.25, -0.2) is 0 Å². The lowest BCUT2D eigenvalue weighted by molar-refractivity contribution is -0.113. The molecule has 0 radical (unpaired) electrons. The molecule has 3 nitrogen and oxygen atoms in total. The average molecular weight is 314 g/mol. The van der Waals surface area contributed by atoms with Gasteiger partial charge in [-0.3, -0.25) is 4.79 Å². The minimum Gasteiger partial charge on any atom is -0.497 e. The second-order valence-corrected chi connectivity index (χ2v) is 5.37. The van der Waals surface area contributed by atoms with Crippen LogP contribution >= 0.6 is 11.6 Å². The molecule has 2 aromatic rings. The molecule has 1 N–H and O–H groups in total. The molecule has 0 atom stereocenters. The molecule has 4 heteroatoms. The summed E-state index contributed by atoms with van der Waals surface area (Å²) in [6, 6.07) is 14.0. The first kappa shape index (κ1) is 14.7. The van der Waals surface area contributed by atoms with Crippen LogP contribution in [-0.4, -0.2) is 18.9 Å². The van der Waals surface area contributed by atoms with Gasteiger partial charge in [-0.2, -0.15) is 0 Å². The first-order chi connectivity index (χ1) is 10.7. The molecule has 0 heterocycles. The van der Waals surface area contributed by atoms with Gasteiger partial charge >= 0.3 is 0 Å². The van der Waals surface area contributed by atoms with E-state index in [0.717, 1.165) is 29.0 Å². The molecule has 22 heavy (non-hydrogen) atoms. The zero-order valence-corrected chi connectivity index (χ0v) is 13.0. The Balaban J connectivity index is 1.91. The number of benzene rings is 2. The summed E-state index contributed by atoms with van der Waals surface area (Å²) in [5.74, 6) is 0.596. The van der Waals surface area contributed by atoms with E-state index in [-0.39, 0.29) is 11.8 Å². The molecular weight excluding hydrogens is 298 g/mol. The van der Waals surface area contributed by atoms with Gasteiger partial charge in [0.2, 0.25) is 5.91 Å². The summed E-state index contributed by atoms with van der Waals surface area (Å²) < 4.78 is 5.20. The fraction of sp³-hybridized carbons (Fsp3) is 0.167. The quantitative estimate of drug-likeness (QED) is 0.870. The lowest BCUT2D eigenvalue weighted by atomic mass is 9.98. The lowest BCUT2D eigenvalue weighted by Gasteiger charge is -2.10. The topological polar surface area (TPSA) is 38.3 Å². The first-order valence-electron chi connectivity index (χ1n) is 7.05. The van der Waals surface area contributed by atoms with E-state index < -0.39 is 0 Å². The van der Waals surface area contributed by atoms with Crippen molar-refractivity contribution >= 4 is 28.8 Å². The summed E-state index contributed by atoms with van der Waals surface area (Å²) in [4.78, 5) is 11.4. The van der Waals surface area contributed by atoms with Crippen LogP contribution in [0.4, 0.5) is 5.69 Å². The zero-order valence-electron chi connectivity index (χ0n) is 12.2. The minimum absolute atomic E-state index is 0.0434. The Morgan fingerprint density at radius 2 is 2.00 bits per heavy atom. The number of carbonyl (C=O) groups is 1. The summed E-state index contributed by atoms with van der Waals surface area (Å²) in [5.41, 5.74) is 5.50. The van der Waals surface area contributed by atoms with E-state index in [1.807, 2.05) is 42.5 Å². The van der Waals surface area contributed by atoms with Gasteiger partial charge in [-0.05, 0) is 52.9 Å². The van der Waals surface area contributed by atoms with Gasteiger partial charge in [0.15, 0.2) is 0 Å². The van der Waals surface area contributed by atoms with Crippen LogP contribution in [0.3, 0.4) is 0 Å². The summed E-state index contributed by atoms with van der Waals surface area (Å²) in [5, 5.41) is 2.79. The molecule has 112 valence electrons. The fourth-order valence-electron chi connectivity index (χ4n) is 2.64. The number of amides is 1. The summed E-state index contributed by atoms with van der Waals surface area (Å²) in [6.07, 6.45) is 3.11. The third kappa shape index (κ3) is 2.85. The van der Waals surface area contributed by atoms with Crippen LogP contribution in [0.2, 0.25) is 0 Å². The van der Waals surface area contributed by atoms with Gasteiger partial charge < -0.3 is 10.1 Å². The number of ether oxygens (including phenoxy) is 1. The van der Waals surface area contributed by atoms with Crippen LogP contribution in [-0.2, 0) is 11.2 Å². The van der Waals surface area contributed by atoms with E-state index >= 15 is 0 Å². The Morgan fingerprint density at radius 1 is 1.23 bits per heavy atom.